The quantitative estimate of drug-likeness (QED) is 0.657. The molecule has 1 aromatic rings. The molecule has 1 saturated carbocycles. The van der Waals surface area contributed by atoms with Gasteiger partial charge in [0, 0.05) is 12.5 Å². The second-order valence-corrected chi connectivity index (χ2v) is 7.40. The molecule has 4 nitrogen and oxygen atoms in total. The lowest BCUT2D eigenvalue weighted by Gasteiger charge is -2.23. The maximum atomic E-state index is 13.1. The number of unbranched alkanes of at least 4 members (excludes halogenated alkanes) is 1. The van der Waals surface area contributed by atoms with Crippen molar-refractivity contribution in [1.29, 1.82) is 0 Å². The number of amides is 1. The molecule has 1 aromatic carbocycles. The monoisotopic (exact) mass is 369 g/mol. The van der Waals surface area contributed by atoms with Crippen LogP contribution < -0.4 is 16.0 Å². The number of carbonyl (C=O) groups is 1. The molecule has 1 saturated heterocycles. The summed E-state index contributed by atoms with van der Waals surface area (Å²) in [4.78, 5) is 12.7. The third-order valence-electron chi connectivity index (χ3n) is 5.56. The van der Waals surface area contributed by atoms with Crippen molar-refractivity contribution in [2.75, 3.05) is 30.3 Å². The van der Waals surface area contributed by atoms with Crippen molar-refractivity contribution in [2.24, 2.45) is 11.3 Å². The minimum absolute atomic E-state index is 0.0484. The van der Waals surface area contributed by atoms with Gasteiger partial charge in [0.05, 0.1) is 16.9 Å². The van der Waals surface area contributed by atoms with Crippen molar-refractivity contribution >= 4 is 17.3 Å². The summed E-state index contributed by atoms with van der Waals surface area (Å²) in [5.41, 5.74) is 0.0604. The maximum absolute atomic E-state index is 13.1. The van der Waals surface area contributed by atoms with Gasteiger partial charge in [-0.2, -0.15) is 13.2 Å². The average molecular weight is 369 g/mol. The van der Waals surface area contributed by atoms with E-state index in [0.29, 0.717) is 12.2 Å². The summed E-state index contributed by atoms with van der Waals surface area (Å²) < 4.78 is 39.2. The van der Waals surface area contributed by atoms with Crippen LogP contribution in [0.2, 0.25) is 0 Å². The second kappa shape index (κ2) is 7.47. The molecule has 3 N–H and O–H groups in total. The minimum atomic E-state index is -4.43. The van der Waals surface area contributed by atoms with Crippen LogP contribution in [0.5, 0.6) is 0 Å². The van der Waals surface area contributed by atoms with Crippen molar-refractivity contribution in [2.45, 2.75) is 45.2 Å². The SMILES string of the molecule is CCCCNc1ccc(C(F)(F)F)cc1NC(=O)C1CC12CCNCC2. The van der Waals surface area contributed by atoms with Gasteiger partial charge in [0.25, 0.3) is 0 Å². The summed E-state index contributed by atoms with van der Waals surface area (Å²) in [5.74, 6) is -0.257. The van der Waals surface area contributed by atoms with Gasteiger partial charge < -0.3 is 16.0 Å². The van der Waals surface area contributed by atoms with Crippen molar-refractivity contribution < 1.29 is 18.0 Å². The first-order chi connectivity index (χ1) is 12.4. The maximum Gasteiger partial charge on any atom is 0.416 e. The van der Waals surface area contributed by atoms with E-state index in [1.54, 1.807) is 0 Å². The Morgan fingerprint density at radius 3 is 2.65 bits per heavy atom. The average Bonchev–Trinajstić information content (AvgIpc) is 3.29. The molecule has 0 aromatic heterocycles. The van der Waals surface area contributed by atoms with E-state index in [2.05, 4.69) is 16.0 Å². The first-order valence-electron chi connectivity index (χ1n) is 9.32. The lowest BCUT2D eigenvalue weighted by Crippen LogP contribution is -2.31. The van der Waals surface area contributed by atoms with E-state index in [9.17, 15) is 18.0 Å². The smallest absolute Gasteiger partial charge is 0.383 e. The number of carbonyl (C=O) groups excluding carboxylic acids is 1. The molecule has 1 aliphatic carbocycles. The molecule has 1 spiro atoms. The molecule has 1 aliphatic heterocycles. The molecule has 0 bridgehead atoms. The largest absolute Gasteiger partial charge is 0.416 e. The summed E-state index contributed by atoms with van der Waals surface area (Å²) in [6.07, 6.45) is 0.195. The summed E-state index contributed by atoms with van der Waals surface area (Å²) in [6.45, 7) is 4.50. The highest BCUT2D eigenvalue weighted by Crippen LogP contribution is 2.58. The molecule has 7 heteroatoms. The lowest BCUT2D eigenvalue weighted by atomic mass is 9.91. The second-order valence-electron chi connectivity index (χ2n) is 7.40. The topological polar surface area (TPSA) is 53.2 Å². The lowest BCUT2D eigenvalue weighted by molar-refractivity contribution is -0.137. The van der Waals surface area contributed by atoms with Gasteiger partial charge in [-0.05, 0) is 62.4 Å². The van der Waals surface area contributed by atoms with Crippen LogP contribution in [0.15, 0.2) is 18.2 Å². The Balaban J connectivity index is 1.74. The van der Waals surface area contributed by atoms with E-state index in [-0.39, 0.29) is 22.9 Å². The molecule has 144 valence electrons. The van der Waals surface area contributed by atoms with Gasteiger partial charge in [0.1, 0.15) is 0 Å². The van der Waals surface area contributed by atoms with Crippen LogP contribution in [0, 0.1) is 11.3 Å². The Labute approximate surface area is 151 Å². The standard InChI is InChI=1S/C19H26F3N3O/c1-2-3-8-24-15-5-4-13(19(20,21)22)11-16(15)25-17(26)14-12-18(14)6-9-23-10-7-18/h4-5,11,14,23-24H,2-3,6-10,12H2,1H3,(H,25,26). The molecule has 0 radical (unpaired) electrons. The summed E-state index contributed by atoms with van der Waals surface area (Å²) in [7, 11) is 0. The Bertz CT molecular complexity index is 654. The summed E-state index contributed by atoms with van der Waals surface area (Å²) in [5, 5.41) is 9.18. The zero-order valence-corrected chi connectivity index (χ0v) is 15.0. The Kier molecular flexibility index (Phi) is 5.46. The predicted molar refractivity (Wildman–Crippen MR) is 96.1 cm³/mol. The fourth-order valence-electron chi connectivity index (χ4n) is 3.79. The van der Waals surface area contributed by atoms with Crippen molar-refractivity contribution in [3.8, 4) is 0 Å². The number of rotatable bonds is 6. The van der Waals surface area contributed by atoms with Crippen LogP contribution >= 0.6 is 0 Å². The fraction of sp³-hybridized carbons (Fsp3) is 0.632. The zero-order valence-electron chi connectivity index (χ0n) is 15.0. The first kappa shape index (κ1) is 19.0. The van der Waals surface area contributed by atoms with Gasteiger partial charge in [0.15, 0.2) is 0 Å². The number of anilines is 2. The van der Waals surface area contributed by atoms with Gasteiger partial charge in [0.2, 0.25) is 5.91 Å². The van der Waals surface area contributed by atoms with Crippen molar-refractivity contribution in [3.63, 3.8) is 0 Å². The highest BCUT2D eigenvalue weighted by atomic mass is 19.4. The zero-order chi connectivity index (χ0) is 18.8. The molecule has 1 unspecified atom stereocenters. The van der Waals surface area contributed by atoms with Gasteiger partial charge in [-0.3, -0.25) is 4.79 Å². The van der Waals surface area contributed by atoms with Crippen LogP contribution in [-0.2, 0) is 11.0 Å². The minimum Gasteiger partial charge on any atom is -0.383 e. The first-order valence-corrected chi connectivity index (χ1v) is 9.32. The van der Waals surface area contributed by atoms with E-state index < -0.39 is 11.7 Å². The molecular weight excluding hydrogens is 343 g/mol. The van der Waals surface area contributed by atoms with E-state index >= 15 is 0 Å². The number of hydrogen-bond donors (Lipinski definition) is 3. The van der Waals surface area contributed by atoms with Gasteiger partial charge in [-0.25, -0.2) is 0 Å². The van der Waals surface area contributed by atoms with Crippen LogP contribution in [-0.4, -0.2) is 25.5 Å². The number of hydrogen-bond acceptors (Lipinski definition) is 3. The summed E-state index contributed by atoms with van der Waals surface area (Å²) >= 11 is 0. The molecule has 2 aliphatic rings. The number of piperidine rings is 1. The number of alkyl halides is 3. The number of nitrogens with one attached hydrogen (secondary N) is 3. The van der Waals surface area contributed by atoms with E-state index in [4.69, 9.17) is 0 Å². The Morgan fingerprint density at radius 1 is 1.27 bits per heavy atom. The molecule has 1 atom stereocenters. The molecule has 2 fully saturated rings. The predicted octanol–water partition coefficient (Wildman–Crippen LogP) is 4.25. The molecule has 1 amide bonds. The third-order valence-corrected chi connectivity index (χ3v) is 5.56. The third kappa shape index (κ3) is 4.14. The van der Waals surface area contributed by atoms with E-state index in [1.165, 1.54) is 6.07 Å². The fourth-order valence-corrected chi connectivity index (χ4v) is 3.79. The molecule has 3 rings (SSSR count). The van der Waals surface area contributed by atoms with Gasteiger partial charge >= 0.3 is 6.18 Å². The van der Waals surface area contributed by atoms with Crippen LogP contribution in [0.1, 0.15) is 44.6 Å². The Hall–Kier alpha value is -1.76. The van der Waals surface area contributed by atoms with Crippen LogP contribution in [0.25, 0.3) is 0 Å². The van der Waals surface area contributed by atoms with Crippen LogP contribution in [0.4, 0.5) is 24.5 Å². The highest BCUT2D eigenvalue weighted by molar-refractivity contribution is 5.98. The molecule has 1 heterocycles. The molecule has 26 heavy (non-hydrogen) atoms. The van der Waals surface area contributed by atoms with Gasteiger partial charge in [-0.1, -0.05) is 13.3 Å². The van der Waals surface area contributed by atoms with E-state index in [1.807, 2.05) is 6.92 Å². The van der Waals surface area contributed by atoms with Crippen molar-refractivity contribution in [1.82, 2.24) is 5.32 Å². The Morgan fingerprint density at radius 2 is 2.00 bits per heavy atom. The number of halogens is 3. The van der Waals surface area contributed by atoms with Crippen molar-refractivity contribution in [3.05, 3.63) is 23.8 Å². The molecular formula is C19H26F3N3O. The van der Waals surface area contributed by atoms with Crippen LogP contribution in [0.3, 0.4) is 0 Å². The van der Waals surface area contributed by atoms with E-state index in [0.717, 1.165) is 57.3 Å². The normalized spacial score (nSPS) is 21.5. The number of benzene rings is 1. The highest BCUT2D eigenvalue weighted by Gasteiger charge is 2.57. The summed E-state index contributed by atoms with van der Waals surface area (Å²) in [6, 6.07) is 3.49. The van der Waals surface area contributed by atoms with Gasteiger partial charge in [-0.15, -0.1) is 0 Å².